The fourth-order valence-corrected chi connectivity index (χ4v) is 3.82. The van der Waals surface area contributed by atoms with Crippen LogP contribution in [0.15, 0.2) is 42.7 Å². The molecule has 2 heterocycles. The summed E-state index contributed by atoms with van der Waals surface area (Å²) in [5.74, 6) is 2.51. The standard InChI is InChI=1S/C22H23N3O5/c1-27-14-7-5-6-13(10-14)25-12-23-19-16(11-18(26)24-22(19)25)15-8-9-17(28-2)21(30-4)20(15)29-3/h5-10,12,16H,11H2,1-4H3,(H,24,26). The Balaban J connectivity index is 1.85. The Morgan fingerprint density at radius 1 is 1.00 bits per heavy atom. The molecular weight excluding hydrogens is 386 g/mol. The van der Waals surface area contributed by atoms with Gasteiger partial charge in [-0.1, -0.05) is 12.1 Å². The first-order valence-electron chi connectivity index (χ1n) is 9.41. The van der Waals surface area contributed by atoms with E-state index in [1.165, 1.54) is 0 Å². The molecule has 1 aliphatic rings. The van der Waals surface area contributed by atoms with Crippen LogP contribution in [0.4, 0.5) is 5.82 Å². The maximum atomic E-state index is 12.6. The lowest BCUT2D eigenvalue weighted by Crippen LogP contribution is -2.25. The molecule has 1 unspecified atom stereocenters. The van der Waals surface area contributed by atoms with Crippen molar-refractivity contribution in [2.45, 2.75) is 12.3 Å². The average molecular weight is 409 g/mol. The third kappa shape index (κ3) is 3.20. The zero-order valence-electron chi connectivity index (χ0n) is 17.3. The second-order valence-electron chi connectivity index (χ2n) is 6.78. The van der Waals surface area contributed by atoms with Crippen LogP contribution in [0.2, 0.25) is 0 Å². The van der Waals surface area contributed by atoms with E-state index >= 15 is 0 Å². The molecule has 1 amide bonds. The van der Waals surface area contributed by atoms with Crippen LogP contribution in [0, 0.1) is 0 Å². The Labute approximate surface area is 174 Å². The molecular formula is C22H23N3O5. The molecule has 0 aliphatic carbocycles. The molecule has 1 N–H and O–H groups in total. The molecule has 3 aromatic rings. The summed E-state index contributed by atoms with van der Waals surface area (Å²) >= 11 is 0. The number of amides is 1. The molecule has 0 spiro atoms. The maximum Gasteiger partial charge on any atom is 0.226 e. The number of nitrogens with one attached hydrogen (secondary N) is 1. The Bertz CT molecular complexity index is 1090. The monoisotopic (exact) mass is 409 g/mol. The van der Waals surface area contributed by atoms with Crippen LogP contribution < -0.4 is 24.3 Å². The summed E-state index contributed by atoms with van der Waals surface area (Å²) in [4.78, 5) is 17.3. The lowest BCUT2D eigenvalue weighted by Gasteiger charge is -2.26. The van der Waals surface area contributed by atoms with Gasteiger partial charge in [-0.15, -0.1) is 0 Å². The molecule has 2 aromatic carbocycles. The maximum absolute atomic E-state index is 12.6. The number of imidazole rings is 1. The van der Waals surface area contributed by atoms with Gasteiger partial charge in [-0.25, -0.2) is 4.98 Å². The normalized spacial score (nSPS) is 15.2. The Morgan fingerprint density at radius 2 is 1.80 bits per heavy atom. The van der Waals surface area contributed by atoms with E-state index in [-0.39, 0.29) is 18.2 Å². The van der Waals surface area contributed by atoms with Gasteiger partial charge in [0.25, 0.3) is 0 Å². The minimum atomic E-state index is -0.296. The number of aromatic nitrogens is 2. The van der Waals surface area contributed by atoms with E-state index in [1.807, 2.05) is 41.0 Å². The number of nitrogens with zero attached hydrogens (tertiary/aromatic N) is 2. The highest BCUT2D eigenvalue weighted by Gasteiger charge is 2.34. The van der Waals surface area contributed by atoms with Gasteiger partial charge in [-0.05, 0) is 18.2 Å². The SMILES string of the molecule is COc1cccc(-n2cnc3c2NC(=O)CC3c2ccc(OC)c(OC)c2OC)c1. The molecule has 1 aliphatic heterocycles. The predicted octanol–water partition coefficient (Wildman–Crippen LogP) is 3.38. The largest absolute Gasteiger partial charge is 0.497 e. The van der Waals surface area contributed by atoms with Crippen molar-refractivity contribution in [1.82, 2.24) is 9.55 Å². The molecule has 0 bridgehead atoms. The van der Waals surface area contributed by atoms with Gasteiger partial charge in [0.15, 0.2) is 11.5 Å². The number of carbonyl (C=O) groups is 1. The summed E-state index contributed by atoms with van der Waals surface area (Å²) in [6.07, 6.45) is 1.94. The van der Waals surface area contributed by atoms with E-state index in [0.29, 0.717) is 23.1 Å². The van der Waals surface area contributed by atoms with Crippen molar-refractivity contribution < 1.29 is 23.7 Å². The van der Waals surface area contributed by atoms with Crippen molar-refractivity contribution >= 4 is 11.7 Å². The molecule has 0 radical (unpaired) electrons. The number of hydrogen-bond acceptors (Lipinski definition) is 6. The predicted molar refractivity (Wildman–Crippen MR) is 111 cm³/mol. The summed E-state index contributed by atoms with van der Waals surface area (Å²) in [5.41, 5.74) is 2.40. The van der Waals surface area contributed by atoms with Gasteiger partial charge in [0.1, 0.15) is 17.9 Å². The first-order chi connectivity index (χ1) is 14.6. The van der Waals surface area contributed by atoms with E-state index in [9.17, 15) is 4.79 Å². The summed E-state index contributed by atoms with van der Waals surface area (Å²) in [6, 6.07) is 11.3. The van der Waals surface area contributed by atoms with E-state index in [2.05, 4.69) is 10.3 Å². The van der Waals surface area contributed by atoms with Gasteiger partial charge < -0.3 is 24.3 Å². The third-order valence-corrected chi connectivity index (χ3v) is 5.21. The summed E-state index contributed by atoms with van der Waals surface area (Å²) in [7, 11) is 6.31. The fourth-order valence-electron chi connectivity index (χ4n) is 3.82. The van der Waals surface area contributed by atoms with Crippen molar-refractivity contribution in [3.63, 3.8) is 0 Å². The second kappa shape index (κ2) is 7.98. The van der Waals surface area contributed by atoms with E-state index in [1.54, 1.807) is 34.8 Å². The van der Waals surface area contributed by atoms with Gasteiger partial charge in [-0.3, -0.25) is 9.36 Å². The fraction of sp³-hybridized carbons (Fsp3) is 0.273. The summed E-state index contributed by atoms with van der Waals surface area (Å²) in [5, 5.41) is 2.96. The number of benzene rings is 2. The molecule has 30 heavy (non-hydrogen) atoms. The number of anilines is 1. The van der Waals surface area contributed by atoms with Gasteiger partial charge >= 0.3 is 0 Å². The van der Waals surface area contributed by atoms with Crippen LogP contribution in [0.25, 0.3) is 5.69 Å². The van der Waals surface area contributed by atoms with Crippen molar-refractivity contribution in [3.8, 4) is 28.7 Å². The van der Waals surface area contributed by atoms with Crippen LogP contribution in [-0.4, -0.2) is 43.9 Å². The zero-order chi connectivity index (χ0) is 21.3. The summed E-state index contributed by atoms with van der Waals surface area (Å²) < 4.78 is 23.7. The van der Waals surface area contributed by atoms with E-state index < -0.39 is 0 Å². The number of rotatable bonds is 6. The first-order valence-corrected chi connectivity index (χ1v) is 9.41. The van der Waals surface area contributed by atoms with Crippen molar-refractivity contribution in [1.29, 1.82) is 0 Å². The lowest BCUT2D eigenvalue weighted by molar-refractivity contribution is -0.116. The van der Waals surface area contributed by atoms with Crippen molar-refractivity contribution in [2.24, 2.45) is 0 Å². The van der Waals surface area contributed by atoms with Crippen LogP contribution >= 0.6 is 0 Å². The molecule has 4 rings (SSSR count). The van der Waals surface area contributed by atoms with Gasteiger partial charge in [0, 0.05) is 24.0 Å². The smallest absolute Gasteiger partial charge is 0.226 e. The zero-order valence-corrected chi connectivity index (χ0v) is 17.3. The molecule has 0 saturated carbocycles. The molecule has 1 aromatic heterocycles. The van der Waals surface area contributed by atoms with Crippen LogP contribution in [-0.2, 0) is 4.79 Å². The third-order valence-electron chi connectivity index (χ3n) is 5.21. The van der Waals surface area contributed by atoms with Crippen molar-refractivity contribution in [3.05, 3.63) is 54.0 Å². The number of hydrogen-bond donors (Lipinski definition) is 1. The Morgan fingerprint density at radius 3 is 2.50 bits per heavy atom. The van der Waals surface area contributed by atoms with Gasteiger partial charge in [0.05, 0.1) is 39.8 Å². The van der Waals surface area contributed by atoms with E-state index in [4.69, 9.17) is 18.9 Å². The second-order valence-corrected chi connectivity index (χ2v) is 6.78. The van der Waals surface area contributed by atoms with E-state index in [0.717, 1.165) is 22.7 Å². The quantitative estimate of drug-likeness (QED) is 0.672. The highest BCUT2D eigenvalue weighted by molar-refractivity contribution is 5.94. The van der Waals surface area contributed by atoms with Crippen molar-refractivity contribution in [2.75, 3.05) is 33.8 Å². The number of carbonyl (C=O) groups excluding carboxylic acids is 1. The van der Waals surface area contributed by atoms with Gasteiger partial charge in [0.2, 0.25) is 11.7 Å². The van der Waals surface area contributed by atoms with Gasteiger partial charge in [-0.2, -0.15) is 0 Å². The first kappa shape index (κ1) is 19.6. The minimum absolute atomic E-state index is 0.103. The molecule has 8 nitrogen and oxygen atoms in total. The van der Waals surface area contributed by atoms with Crippen LogP contribution in [0.1, 0.15) is 23.6 Å². The highest BCUT2D eigenvalue weighted by atomic mass is 16.5. The number of fused-ring (bicyclic) bond motifs is 1. The molecule has 1 atom stereocenters. The molecule has 156 valence electrons. The molecule has 0 fully saturated rings. The lowest BCUT2D eigenvalue weighted by atomic mass is 9.88. The van der Waals surface area contributed by atoms with Crippen LogP contribution in [0.5, 0.6) is 23.0 Å². The average Bonchev–Trinajstić information content (AvgIpc) is 3.21. The minimum Gasteiger partial charge on any atom is -0.497 e. The highest BCUT2D eigenvalue weighted by Crippen LogP contribution is 2.47. The Hall–Kier alpha value is -3.68. The molecule has 8 heteroatoms. The van der Waals surface area contributed by atoms with Crippen LogP contribution in [0.3, 0.4) is 0 Å². The number of methoxy groups -OCH3 is 4. The number of ether oxygens (including phenoxy) is 4. The Kier molecular flexibility index (Phi) is 5.22. The molecule has 0 saturated heterocycles. The summed E-state index contributed by atoms with van der Waals surface area (Å²) in [6.45, 7) is 0. The topological polar surface area (TPSA) is 83.8 Å².